The van der Waals surface area contributed by atoms with Crippen LogP contribution in [0.15, 0.2) is 34.9 Å². The van der Waals surface area contributed by atoms with Gasteiger partial charge in [0.15, 0.2) is 0 Å². The molecule has 0 radical (unpaired) electrons. The molecule has 20 heavy (non-hydrogen) atoms. The Bertz CT molecular complexity index is 617. The molecule has 5 nitrogen and oxygen atoms in total. The SMILES string of the molecule is CCC(CNC(=O)c1coc2ccccc12)CC(=O)O. The molecular formula is C15H17NO4. The van der Waals surface area contributed by atoms with Crippen molar-refractivity contribution in [1.82, 2.24) is 5.32 Å². The van der Waals surface area contributed by atoms with Crippen molar-refractivity contribution in [3.05, 3.63) is 36.1 Å². The fourth-order valence-electron chi connectivity index (χ4n) is 2.09. The van der Waals surface area contributed by atoms with Gasteiger partial charge in [-0.3, -0.25) is 9.59 Å². The number of furan rings is 1. The van der Waals surface area contributed by atoms with E-state index in [1.807, 2.05) is 25.1 Å². The first kappa shape index (κ1) is 14.1. The summed E-state index contributed by atoms with van der Waals surface area (Å²) in [4.78, 5) is 22.8. The van der Waals surface area contributed by atoms with Gasteiger partial charge < -0.3 is 14.8 Å². The minimum atomic E-state index is -0.847. The van der Waals surface area contributed by atoms with Crippen LogP contribution in [-0.4, -0.2) is 23.5 Å². The fourth-order valence-corrected chi connectivity index (χ4v) is 2.09. The summed E-state index contributed by atoms with van der Waals surface area (Å²) in [7, 11) is 0. The molecule has 0 bridgehead atoms. The summed E-state index contributed by atoms with van der Waals surface area (Å²) in [6, 6.07) is 7.30. The van der Waals surface area contributed by atoms with Crippen molar-refractivity contribution in [2.45, 2.75) is 19.8 Å². The van der Waals surface area contributed by atoms with E-state index in [4.69, 9.17) is 9.52 Å². The first-order valence-corrected chi connectivity index (χ1v) is 6.58. The molecule has 5 heteroatoms. The molecule has 0 fully saturated rings. The molecule has 1 unspecified atom stereocenters. The zero-order chi connectivity index (χ0) is 14.5. The quantitative estimate of drug-likeness (QED) is 0.849. The zero-order valence-electron chi connectivity index (χ0n) is 11.3. The number of carbonyl (C=O) groups excluding carboxylic acids is 1. The normalized spacial score (nSPS) is 12.2. The molecular weight excluding hydrogens is 258 g/mol. The maximum absolute atomic E-state index is 12.1. The second-order valence-electron chi connectivity index (χ2n) is 4.73. The number of carbonyl (C=O) groups is 2. The minimum absolute atomic E-state index is 0.0584. The first-order valence-electron chi connectivity index (χ1n) is 6.58. The first-order chi connectivity index (χ1) is 9.61. The molecule has 1 amide bonds. The lowest BCUT2D eigenvalue weighted by molar-refractivity contribution is -0.138. The highest BCUT2D eigenvalue weighted by atomic mass is 16.4. The standard InChI is InChI=1S/C15H17NO4/c1-2-10(7-14(17)18)8-16-15(19)12-9-20-13-6-4-3-5-11(12)13/h3-6,9-10H,2,7-8H2,1H3,(H,16,19)(H,17,18). The Balaban J connectivity index is 2.03. The molecule has 0 aliphatic rings. The largest absolute Gasteiger partial charge is 0.481 e. The number of benzene rings is 1. The second-order valence-corrected chi connectivity index (χ2v) is 4.73. The Labute approximate surface area is 116 Å². The van der Waals surface area contributed by atoms with Gasteiger partial charge in [-0.2, -0.15) is 0 Å². The molecule has 1 heterocycles. The van der Waals surface area contributed by atoms with Crippen molar-refractivity contribution < 1.29 is 19.1 Å². The maximum atomic E-state index is 12.1. The summed E-state index contributed by atoms with van der Waals surface area (Å²) in [5.41, 5.74) is 1.14. The number of carboxylic acid groups (broad SMARTS) is 1. The van der Waals surface area contributed by atoms with E-state index in [1.54, 1.807) is 6.07 Å². The van der Waals surface area contributed by atoms with Gasteiger partial charge in [0, 0.05) is 18.4 Å². The van der Waals surface area contributed by atoms with Crippen LogP contribution in [0.1, 0.15) is 30.1 Å². The van der Waals surface area contributed by atoms with Gasteiger partial charge >= 0.3 is 5.97 Å². The molecule has 0 aliphatic carbocycles. The predicted octanol–water partition coefficient (Wildman–Crippen LogP) is 2.66. The molecule has 2 N–H and O–H groups in total. The maximum Gasteiger partial charge on any atom is 0.303 e. The van der Waals surface area contributed by atoms with Crippen LogP contribution in [0.2, 0.25) is 0 Å². The minimum Gasteiger partial charge on any atom is -0.481 e. The van der Waals surface area contributed by atoms with Gasteiger partial charge in [-0.15, -0.1) is 0 Å². The van der Waals surface area contributed by atoms with Gasteiger partial charge in [0.1, 0.15) is 11.8 Å². The summed E-state index contributed by atoms with van der Waals surface area (Å²) in [6.07, 6.45) is 2.19. The third kappa shape index (κ3) is 3.17. The Morgan fingerprint density at radius 1 is 1.35 bits per heavy atom. The van der Waals surface area contributed by atoms with E-state index < -0.39 is 5.97 Å². The Kier molecular flexibility index (Phi) is 4.40. The van der Waals surface area contributed by atoms with Crippen LogP contribution in [0.25, 0.3) is 11.0 Å². The average molecular weight is 275 g/mol. The third-order valence-corrected chi connectivity index (χ3v) is 3.32. The van der Waals surface area contributed by atoms with E-state index >= 15 is 0 Å². The zero-order valence-corrected chi connectivity index (χ0v) is 11.3. The molecule has 2 aromatic rings. The van der Waals surface area contributed by atoms with Crippen LogP contribution in [0.3, 0.4) is 0 Å². The highest BCUT2D eigenvalue weighted by Gasteiger charge is 2.16. The molecule has 1 aromatic heterocycles. The van der Waals surface area contributed by atoms with Crippen LogP contribution in [0.5, 0.6) is 0 Å². The number of aliphatic carboxylic acids is 1. The number of nitrogens with one attached hydrogen (secondary N) is 1. The summed E-state index contributed by atoms with van der Waals surface area (Å²) >= 11 is 0. The number of amides is 1. The monoisotopic (exact) mass is 275 g/mol. The summed E-state index contributed by atoms with van der Waals surface area (Å²) in [5, 5.41) is 12.3. The Hall–Kier alpha value is -2.30. The topological polar surface area (TPSA) is 79.5 Å². The highest BCUT2D eigenvalue weighted by molar-refractivity contribution is 6.05. The van der Waals surface area contributed by atoms with Gasteiger partial charge in [0.2, 0.25) is 0 Å². The third-order valence-electron chi connectivity index (χ3n) is 3.32. The highest BCUT2D eigenvalue weighted by Crippen LogP contribution is 2.20. The molecule has 0 saturated heterocycles. The molecule has 2 rings (SSSR count). The molecule has 0 spiro atoms. The van der Waals surface area contributed by atoms with Crippen LogP contribution in [0, 0.1) is 5.92 Å². The van der Waals surface area contributed by atoms with Gasteiger partial charge in [0.05, 0.1) is 5.56 Å². The summed E-state index contributed by atoms with van der Waals surface area (Å²) < 4.78 is 5.31. The lowest BCUT2D eigenvalue weighted by Crippen LogP contribution is -2.30. The number of rotatable bonds is 6. The van der Waals surface area contributed by atoms with E-state index in [-0.39, 0.29) is 18.2 Å². The number of carboxylic acids is 1. The lowest BCUT2D eigenvalue weighted by Gasteiger charge is -2.12. The van der Waals surface area contributed by atoms with Crippen molar-refractivity contribution in [3.63, 3.8) is 0 Å². The second kappa shape index (κ2) is 6.23. The van der Waals surface area contributed by atoms with Crippen molar-refractivity contribution in [3.8, 4) is 0 Å². The van der Waals surface area contributed by atoms with Crippen molar-refractivity contribution in [2.24, 2.45) is 5.92 Å². The van der Waals surface area contributed by atoms with Crippen LogP contribution >= 0.6 is 0 Å². The van der Waals surface area contributed by atoms with Gasteiger partial charge in [-0.1, -0.05) is 31.5 Å². The Morgan fingerprint density at radius 2 is 2.10 bits per heavy atom. The fraction of sp³-hybridized carbons (Fsp3) is 0.333. The summed E-state index contributed by atoms with van der Waals surface area (Å²) in [5.74, 6) is -1.15. The lowest BCUT2D eigenvalue weighted by atomic mass is 10.0. The number of hydrogen-bond donors (Lipinski definition) is 2. The molecule has 0 aliphatic heterocycles. The van der Waals surface area contributed by atoms with Crippen LogP contribution < -0.4 is 5.32 Å². The molecule has 1 atom stereocenters. The predicted molar refractivity (Wildman–Crippen MR) is 74.6 cm³/mol. The van der Waals surface area contributed by atoms with E-state index in [9.17, 15) is 9.59 Å². The molecule has 1 aromatic carbocycles. The van der Waals surface area contributed by atoms with Gasteiger partial charge in [-0.25, -0.2) is 0 Å². The van der Waals surface area contributed by atoms with Gasteiger partial charge in [-0.05, 0) is 12.0 Å². The van der Waals surface area contributed by atoms with Crippen molar-refractivity contribution >= 4 is 22.8 Å². The average Bonchev–Trinajstić information content (AvgIpc) is 2.86. The smallest absolute Gasteiger partial charge is 0.303 e. The van der Waals surface area contributed by atoms with Crippen molar-refractivity contribution in [1.29, 1.82) is 0 Å². The van der Waals surface area contributed by atoms with Crippen molar-refractivity contribution in [2.75, 3.05) is 6.54 Å². The Morgan fingerprint density at radius 3 is 2.80 bits per heavy atom. The van der Waals surface area contributed by atoms with Gasteiger partial charge in [0.25, 0.3) is 5.91 Å². The number of hydrogen-bond acceptors (Lipinski definition) is 3. The van der Waals surface area contributed by atoms with Crippen LogP contribution in [0.4, 0.5) is 0 Å². The molecule has 106 valence electrons. The number of fused-ring (bicyclic) bond motifs is 1. The molecule has 0 saturated carbocycles. The van der Waals surface area contributed by atoms with Crippen LogP contribution in [-0.2, 0) is 4.79 Å². The number of para-hydroxylation sites is 1. The van der Waals surface area contributed by atoms with E-state index in [0.717, 1.165) is 5.39 Å². The van der Waals surface area contributed by atoms with E-state index in [1.165, 1.54) is 6.26 Å². The van der Waals surface area contributed by atoms with E-state index in [2.05, 4.69) is 5.32 Å². The summed E-state index contributed by atoms with van der Waals surface area (Å²) in [6.45, 7) is 2.26. The van der Waals surface area contributed by atoms with E-state index in [0.29, 0.717) is 24.1 Å².